The smallest absolute Gasteiger partial charge is 0.243 e. The molecule has 130 valence electrons. The molecule has 0 aliphatic carbocycles. The predicted octanol–water partition coefficient (Wildman–Crippen LogP) is 3.26. The molecule has 0 radical (unpaired) electrons. The highest BCUT2D eigenvalue weighted by atomic mass is 32.1. The van der Waals surface area contributed by atoms with E-state index in [4.69, 9.17) is 0 Å². The van der Waals surface area contributed by atoms with Crippen LogP contribution in [-0.4, -0.2) is 41.2 Å². The summed E-state index contributed by atoms with van der Waals surface area (Å²) in [6.07, 6.45) is 2.51. The van der Waals surface area contributed by atoms with E-state index in [0.29, 0.717) is 13.1 Å². The fourth-order valence-corrected chi connectivity index (χ4v) is 4.20. The third-order valence-corrected chi connectivity index (χ3v) is 5.52. The van der Waals surface area contributed by atoms with Gasteiger partial charge in [0.1, 0.15) is 6.54 Å². The van der Waals surface area contributed by atoms with Crippen LogP contribution in [-0.2, 0) is 16.0 Å². The summed E-state index contributed by atoms with van der Waals surface area (Å²) in [7, 11) is 0. The molecule has 2 aromatic rings. The molecule has 0 unspecified atom stereocenters. The highest BCUT2D eigenvalue weighted by Gasteiger charge is 2.33. The molecule has 1 aromatic carbocycles. The van der Waals surface area contributed by atoms with Crippen molar-refractivity contribution < 1.29 is 9.59 Å². The second kappa shape index (κ2) is 7.66. The van der Waals surface area contributed by atoms with E-state index in [1.165, 1.54) is 22.3 Å². The molecule has 1 atom stereocenters. The van der Waals surface area contributed by atoms with Crippen LogP contribution in [0.2, 0.25) is 0 Å². The first-order chi connectivity index (χ1) is 12.1. The molecular formula is C20H22N2O2S. The minimum Gasteiger partial charge on any atom is -0.330 e. The van der Waals surface area contributed by atoms with Gasteiger partial charge in [-0.1, -0.05) is 36.4 Å². The van der Waals surface area contributed by atoms with E-state index in [0.717, 1.165) is 12.0 Å². The summed E-state index contributed by atoms with van der Waals surface area (Å²) in [5, 5.41) is 2.09. The van der Waals surface area contributed by atoms with E-state index in [-0.39, 0.29) is 24.4 Å². The molecule has 25 heavy (non-hydrogen) atoms. The first-order valence-corrected chi connectivity index (χ1v) is 9.27. The van der Waals surface area contributed by atoms with Gasteiger partial charge in [0.05, 0.1) is 6.04 Å². The molecule has 0 bridgehead atoms. The van der Waals surface area contributed by atoms with Gasteiger partial charge in [-0.3, -0.25) is 9.59 Å². The van der Waals surface area contributed by atoms with Crippen molar-refractivity contribution in [1.29, 1.82) is 0 Å². The van der Waals surface area contributed by atoms with E-state index in [1.54, 1.807) is 17.4 Å². The van der Waals surface area contributed by atoms with Crippen molar-refractivity contribution >= 4 is 23.2 Å². The third-order valence-electron chi connectivity index (χ3n) is 4.52. The molecule has 1 aliphatic heterocycles. The van der Waals surface area contributed by atoms with Crippen LogP contribution in [0.1, 0.15) is 29.0 Å². The number of fused-ring (bicyclic) bond motifs is 1. The van der Waals surface area contributed by atoms with E-state index < -0.39 is 0 Å². The second-order valence-electron chi connectivity index (χ2n) is 6.14. The van der Waals surface area contributed by atoms with Gasteiger partial charge < -0.3 is 9.80 Å². The Morgan fingerprint density at radius 3 is 2.76 bits per heavy atom. The fraction of sp³-hybridized carbons (Fsp3) is 0.300. The number of nitrogens with zero attached hydrogens (tertiary/aromatic N) is 2. The first kappa shape index (κ1) is 17.4. The average Bonchev–Trinajstić information content (AvgIpc) is 3.09. The summed E-state index contributed by atoms with van der Waals surface area (Å²) in [5.74, 6) is -0.138. The SMILES string of the molecule is C=CCN(CC(=O)N1CCc2sccc2[C@H]1c1ccccc1)C(C)=O. The van der Waals surface area contributed by atoms with Crippen molar-refractivity contribution in [2.45, 2.75) is 19.4 Å². The molecule has 0 fully saturated rings. The zero-order chi connectivity index (χ0) is 17.8. The summed E-state index contributed by atoms with van der Waals surface area (Å²) in [4.78, 5) is 29.5. The summed E-state index contributed by atoms with van der Waals surface area (Å²) >= 11 is 1.75. The minimum atomic E-state index is -0.113. The van der Waals surface area contributed by atoms with Gasteiger partial charge in [0.15, 0.2) is 0 Å². The molecule has 3 rings (SSSR count). The van der Waals surface area contributed by atoms with Crippen molar-refractivity contribution in [3.05, 3.63) is 70.4 Å². The number of amides is 2. The number of carbonyl (C=O) groups is 2. The second-order valence-corrected chi connectivity index (χ2v) is 7.14. The summed E-state index contributed by atoms with van der Waals surface area (Å²) in [6, 6.07) is 12.1. The molecule has 2 amide bonds. The van der Waals surface area contributed by atoms with Crippen LogP contribution >= 0.6 is 11.3 Å². The number of thiophene rings is 1. The van der Waals surface area contributed by atoms with Gasteiger partial charge in [0.25, 0.3) is 0 Å². The maximum absolute atomic E-state index is 13.0. The Labute approximate surface area is 152 Å². The largest absolute Gasteiger partial charge is 0.330 e. The van der Waals surface area contributed by atoms with E-state index in [9.17, 15) is 9.59 Å². The molecule has 2 heterocycles. The van der Waals surface area contributed by atoms with Gasteiger partial charge >= 0.3 is 0 Å². The van der Waals surface area contributed by atoms with Crippen LogP contribution in [0.3, 0.4) is 0 Å². The normalized spacial score (nSPS) is 16.2. The van der Waals surface area contributed by atoms with Crippen molar-refractivity contribution in [3.63, 3.8) is 0 Å². The van der Waals surface area contributed by atoms with Crippen LogP contribution in [0.4, 0.5) is 0 Å². The lowest BCUT2D eigenvalue weighted by Gasteiger charge is -2.37. The van der Waals surface area contributed by atoms with Gasteiger partial charge in [0.2, 0.25) is 11.8 Å². The monoisotopic (exact) mass is 354 g/mol. The molecule has 0 saturated heterocycles. The Morgan fingerprint density at radius 1 is 1.32 bits per heavy atom. The number of benzene rings is 1. The average molecular weight is 354 g/mol. The number of rotatable bonds is 5. The van der Waals surface area contributed by atoms with Gasteiger partial charge in [-0.15, -0.1) is 17.9 Å². The molecular weight excluding hydrogens is 332 g/mol. The highest BCUT2D eigenvalue weighted by molar-refractivity contribution is 7.10. The Bertz CT molecular complexity index is 769. The molecule has 0 spiro atoms. The standard InChI is InChI=1S/C20H22N2O2S/c1-3-11-21(15(2)23)14-19(24)22-12-9-18-17(10-13-25-18)20(22)16-7-5-4-6-8-16/h3-8,10,13,20H,1,9,11-12,14H2,2H3/t20-/m1/s1. The van der Waals surface area contributed by atoms with Crippen molar-refractivity contribution in [2.24, 2.45) is 0 Å². The Balaban J connectivity index is 1.90. The lowest BCUT2D eigenvalue weighted by atomic mass is 9.93. The number of carbonyl (C=O) groups excluding carboxylic acids is 2. The molecule has 1 aromatic heterocycles. The highest BCUT2D eigenvalue weighted by Crippen LogP contribution is 2.37. The predicted molar refractivity (Wildman–Crippen MR) is 100 cm³/mol. The Kier molecular flexibility index (Phi) is 5.34. The Morgan fingerprint density at radius 2 is 2.08 bits per heavy atom. The summed E-state index contributed by atoms with van der Waals surface area (Å²) in [6.45, 7) is 6.30. The van der Waals surface area contributed by atoms with Crippen LogP contribution in [0.25, 0.3) is 0 Å². The quantitative estimate of drug-likeness (QED) is 0.774. The van der Waals surface area contributed by atoms with Gasteiger partial charge in [0, 0.05) is 24.9 Å². The van der Waals surface area contributed by atoms with Crippen LogP contribution in [0.15, 0.2) is 54.4 Å². The molecule has 0 N–H and O–H groups in total. The lowest BCUT2D eigenvalue weighted by molar-refractivity contribution is -0.140. The van der Waals surface area contributed by atoms with E-state index in [2.05, 4.69) is 30.2 Å². The maximum Gasteiger partial charge on any atom is 0.243 e. The van der Waals surface area contributed by atoms with Gasteiger partial charge in [-0.25, -0.2) is 0 Å². The number of hydrogen-bond donors (Lipinski definition) is 0. The van der Waals surface area contributed by atoms with E-state index >= 15 is 0 Å². The van der Waals surface area contributed by atoms with Crippen LogP contribution in [0.5, 0.6) is 0 Å². The van der Waals surface area contributed by atoms with Crippen molar-refractivity contribution in [3.8, 4) is 0 Å². The minimum absolute atomic E-state index is 0.0252. The summed E-state index contributed by atoms with van der Waals surface area (Å²) in [5.41, 5.74) is 2.31. The van der Waals surface area contributed by atoms with Crippen molar-refractivity contribution in [1.82, 2.24) is 9.80 Å². The molecule has 5 heteroatoms. The molecule has 4 nitrogen and oxygen atoms in total. The molecule has 1 aliphatic rings. The summed E-state index contributed by atoms with van der Waals surface area (Å²) < 4.78 is 0. The first-order valence-electron chi connectivity index (χ1n) is 8.39. The van der Waals surface area contributed by atoms with Gasteiger partial charge in [-0.05, 0) is 29.0 Å². The fourth-order valence-electron chi connectivity index (χ4n) is 3.29. The third kappa shape index (κ3) is 3.66. The van der Waals surface area contributed by atoms with Crippen LogP contribution < -0.4 is 0 Å². The molecule has 0 saturated carbocycles. The zero-order valence-corrected chi connectivity index (χ0v) is 15.2. The number of hydrogen-bond acceptors (Lipinski definition) is 3. The van der Waals surface area contributed by atoms with Gasteiger partial charge in [-0.2, -0.15) is 0 Å². The topological polar surface area (TPSA) is 40.6 Å². The Hall–Kier alpha value is -2.40. The van der Waals surface area contributed by atoms with Crippen LogP contribution in [0, 0.1) is 0 Å². The lowest BCUT2D eigenvalue weighted by Crippen LogP contribution is -2.46. The van der Waals surface area contributed by atoms with E-state index in [1.807, 2.05) is 23.1 Å². The maximum atomic E-state index is 13.0. The van der Waals surface area contributed by atoms with Crippen molar-refractivity contribution in [2.75, 3.05) is 19.6 Å². The zero-order valence-electron chi connectivity index (χ0n) is 14.4.